The van der Waals surface area contributed by atoms with Crippen LogP contribution in [0, 0.1) is 0 Å². The lowest BCUT2D eigenvalue weighted by molar-refractivity contribution is 0.499. The van der Waals surface area contributed by atoms with E-state index in [2.05, 4.69) is 32.7 Å². The van der Waals surface area contributed by atoms with Crippen molar-refractivity contribution in [3.8, 4) is 0 Å². The van der Waals surface area contributed by atoms with Gasteiger partial charge in [-0.05, 0) is 20.3 Å². The van der Waals surface area contributed by atoms with Crippen LogP contribution in [0.1, 0.15) is 52.9 Å². The molecule has 0 aliphatic carbocycles. The minimum atomic E-state index is 0.647. The summed E-state index contributed by atoms with van der Waals surface area (Å²) in [5.74, 6) is 0. The first kappa shape index (κ1) is 12.7. The Bertz CT molecular complexity index is 129. The topological polar surface area (TPSA) is 12.0 Å². The van der Waals surface area contributed by atoms with Crippen molar-refractivity contribution < 1.29 is 0 Å². The summed E-state index contributed by atoms with van der Waals surface area (Å²) in [5, 5.41) is 3.46. The minimum Gasteiger partial charge on any atom is -0.311 e. The summed E-state index contributed by atoms with van der Waals surface area (Å²) >= 11 is 0. The fourth-order valence-electron chi connectivity index (χ4n) is 1.33. The third-order valence-corrected chi connectivity index (χ3v) is 2.24. The summed E-state index contributed by atoms with van der Waals surface area (Å²) in [5.41, 5.74) is 1.22. The SMILES string of the molecule is C=C(C)CNC(C)CCCCCC. The van der Waals surface area contributed by atoms with Crippen molar-refractivity contribution in [3.05, 3.63) is 12.2 Å². The van der Waals surface area contributed by atoms with Crippen LogP contribution in [0.4, 0.5) is 0 Å². The van der Waals surface area contributed by atoms with E-state index in [-0.39, 0.29) is 0 Å². The van der Waals surface area contributed by atoms with Crippen molar-refractivity contribution >= 4 is 0 Å². The standard InChI is InChI=1S/C12H25N/c1-5-6-7-8-9-12(4)13-10-11(2)3/h12-13H,2,5-10H2,1,3-4H3. The maximum Gasteiger partial charge on any atom is 0.0161 e. The van der Waals surface area contributed by atoms with E-state index in [0.29, 0.717) is 6.04 Å². The Hall–Kier alpha value is -0.300. The average Bonchev–Trinajstić information content (AvgIpc) is 2.09. The minimum absolute atomic E-state index is 0.647. The van der Waals surface area contributed by atoms with Crippen molar-refractivity contribution in [1.29, 1.82) is 0 Å². The van der Waals surface area contributed by atoms with Crippen LogP contribution in [0.25, 0.3) is 0 Å². The van der Waals surface area contributed by atoms with Crippen LogP contribution >= 0.6 is 0 Å². The molecule has 0 heterocycles. The molecule has 0 aromatic heterocycles. The lowest BCUT2D eigenvalue weighted by Crippen LogP contribution is -2.27. The van der Waals surface area contributed by atoms with Crippen molar-refractivity contribution in [3.63, 3.8) is 0 Å². The largest absolute Gasteiger partial charge is 0.311 e. The zero-order valence-electron chi connectivity index (χ0n) is 9.53. The lowest BCUT2D eigenvalue weighted by Gasteiger charge is -2.13. The highest BCUT2D eigenvalue weighted by Crippen LogP contribution is 2.05. The highest BCUT2D eigenvalue weighted by atomic mass is 14.9. The molecular formula is C12H25N. The van der Waals surface area contributed by atoms with Crippen molar-refractivity contribution in [2.45, 2.75) is 58.9 Å². The maximum absolute atomic E-state index is 3.87. The molecule has 0 aliphatic rings. The summed E-state index contributed by atoms with van der Waals surface area (Å²) < 4.78 is 0. The first-order valence-corrected chi connectivity index (χ1v) is 5.54. The van der Waals surface area contributed by atoms with Gasteiger partial charge in [-0.1, -0.05) is 44.8 Å². The first-order chi connectivity index (χ1) is 6.16. The fraction of sp³-hybridized carbons (Fsp3) is 0.833. The molecule has 78 valence electrons. The molecule has 0 aliphatic heterocycles. The molecule has 1 heteroatoms. The molecular weight excluding hydrogens is 158 g/mol. The van der Waals surface area contributed by atoms with Crippen molar-refractivity contribution in [1.82, 2.24) is 5.32 Å². The molecule has 0 fully saturated rings. The molecule has 0 saturated heterocycles. The van der Waals surface area contributed by atoms with Crippen LogP contribution < -0.4 is 5.32 Å². The van der Waals surface area contributed by atoms with Crippen LogP contribution in [0.3, 0.4) is 0 Å². The van der Waals surface area contributed by atoms with Gasteiger partial charge in [0.05, 0.1) is 0 Å². The Morgan fingerprint density at radius 3 is 2.54 bits per heavy atom. The second-order valence-electron chi connectivity index (χ2n) is 4.09. The molecule has 0 spiro atoms. The van der Waals surface area contributed by atoms with Crippen LogP contribution in [0.5, 0.6) is 0 Å². The van der Waals surface area contributed by atoms with Gasteiger partial charge in [-0.3, -0.25) is 0 Å². The van der Waals surface area contributed by atoms with E-state index in [9.17, 15) is 0 Å². The van der Waals surface area contributed by atoms with Gasteiger partial charge in [0, 0.05) is 12.6 Å². The predicted molar refractivity (Wildman–Crippen MR) is 61.0 cm³/mol. The predicted octanol–water partition coefficient (Wildman–Crippen LogP) is 3.51. The molecule has 13 heavy (non-hydrogen) atoms. The third kappa shape index (κ3) is 9.62. The molecule has 1 N–H and O–H groups in total. The van der Waals surface area contributed by atoms with Gasteiger partial charge in [0.2, 0.25) is 0 Å². The summed E-state index contributed by atoms with van der Waals surface area (Å²) in [6, 6.07) is 0.647. The van der Waals surface area contributed by atoms with Crippen LogP contribution in [0.15, 0.2) is 12.2 Å². The third-order valence-electron chi connectivity index (χ3n) is 2.24. The fourth-order valence-corrected chi connectivity index (χ4v) is 1.33. The number of hydrogen-bond acceptors (Lipinski definition) is 1. The van der Waals surface area contributed by atoms with Gasteiger partial charge >= 0.3 is 0 Å². The molecule has 0 rings (SSSR count). The molecule has 0 saturated carbocycles. The molecule has 1 unspecified atom stereocenters. The second kappa shape index (κ2) is 8.31. The number of nitrogens with one attached hydrogen (secondary N) is 1. The molecule has 0 amide bonds. The molecule has 1 atom stereocenters. The Kier molecular flexibility index (Phi) is 8.11. The van der Waals surface area contributed by atoms with E-state index < -0.39 is 0 Å². The zero-order chi connectivity index (χ0) is 10.1. The summed E-state index contributed by atoms with van der Waals surface area (Å²) in [7, 11) is 0. The Balaban J connectivity index is 3.19. The molecule has 0 aromatic carbocycles. The van der Waals surface area contributed by atoms with E-state index in [1.165, 1.54) is 37.7 Å². The van der Waals surface area contributed by atoms with E-state index in [4.69, 9.17) is 0 Å². The molecule has 0 aromatic rings. The van der Waals surface area contributed by atoms with E-state index in [1.807, 2.05) is 0 Å². The Morgan fingerprint density at radius 1 is 1.31 bits per heavy atom. The lowest BCUT2D eigenvalue weighted by atomic mass is 10.1. The smallest absolute Gasteiger partial charge is 0.0161 e. The zero-order valence-corrected chi connectivity index (χ0v) is 9.53. The second-order valence-corrected chi connectivity index (χ2v) is 4.09. The quantitative estimate of drug-likeness (QED) is 0.448. The number of rotatable bonds is 8. The van der Waals surface area contributed by atoms with E-state index in [0.717, 1.165) is 6.54 Å². The molecule has 0 bridgehead atoms. The Morgan fingerprint density at radius 2 is 2.00 bits per heavy atom. The van der Waals surface area contributed by atoms with Crippen molar-refractivity contribution in [2.24, 2.45) is 0 Å². The molecule has 1 nitrogen and oxygen atoms in total. The first-order valence-electron chi connectivity index (χ1n) is 5.54. The average molecular weight is 183 g/mol. The van der Waals surface area contributed by atoms with Gasteiger partial charge in [-0.2, -0.15) is 0 Å². The van der Waals surface area contributed by atoms with Gasteiger partial charge in [0.25, 0.3) is 0 Å². The van der Waals surface area contributed by atoms with E-state index >= 15 is 0 Å². The monoisotopic (exact) mass is 183 g/mol. The summed E-state index contributed by atoms with van der Waals surface area (Å²) in [6.07, 6.45) is 6.75. The van der Waals surface area contributed by atoms with Gasteiger partial charge in [0.1, 0.15) is 0 Å². The van der Waals surface area contributed by atoms with Crippen LogP contribution in [-0.4, -0.2) is 12.6 Å². The number of unbranched alkanes of at least 4 members (excludes halogenated alkanes) is 3. The normalized spacial score (nSPS) is 12.8. The molecule has 0 radical (unpaired) electrons. The summed E-state index contributed by atoms with van der Waals surface area (Å²) in [4.78, 5) is 0. The Labute approximate surface area is 83.6 Å². The van der Waals surface area contributed by atoms with Crippen molar-refractivity contribution in [2.75, 3.05) is 6.54 Å². The highest BCUT2D eigenvalue weighted by Gasteiger charge is 1.99. The van der Waals surface area contributed by atoms with Gasteiger partial charge in [-0.15, -0.1) is 0 Å². The van der Waals surface area contributed by atoms with E-state index in [1.54, 1.807) is 0 Å². The highest BCUT2D eigenvalue weighted by molar-refractivity contribution is 4.91. The van der Waals surface area contributed by atoms with Crippen LogP contribution in [-0.2, 0) is 0 Å². The van der Waals surface area contributed by atoms with Gasteiger partial charge in [0.15, 0.2) is 0 Å². The van der Waals surface area contributed by atoms with Gasteiger partial charge < -0.3 is 5.32 Å². The number of hydrogen-bond donors (Lipinski definition) is 1. The summed E-state index contributed by atoms with van der Waals surface area (Å²) in [6.45, 7) is 11.4. The van der Waals surface area contributed by atoms with Crippen LogP contribution in [0.2, 0.25) is 0 Å². The van der Waals surface area contributed by atoms with Gasteiger partial charge in [-0.25, -0.2) is 0 Å². The maximum atomic E-state index is 3.87.